The summed E-state index contributed by atoms with van der Waals surface area (Å²) < 4.78 is 4.98. The van der Waals surface area contributed by atoms with E-state index >= 15 is 0 Å². The number of ether oxygens (including phenoxy) is 1. The Morgan fingerprint density at radius 2 is 1.85 bits per heavy atom. The van der Waals surface area contributed by atoms with Crippen molar-refractivity contribution >= 4 is 17.9 Å². The van der Waals surface area contributed by atoms with E-state index in [0.29, 0.717) is 0 Å². The fourth-order valence-electron chi connectivity index (χ4n) is 1.63. The summed E-state index contributed by atoms with van der Waals surface area (Å²) in [5.41, 5.74) is -0.482. The summed E-state index contributed by atoms with van der Waals surface area (Å²) in [5.74, 6) is -3.29. The molecule has 0 aromatic heterocycles. The summed E-state index contributed by atoms with van der Waals surface area (Å²) >= 11 is 0. The summed E-state index contributed by atoms with van der Waals surface area (Å²) in [6.45, 7) is 4.30. The van der Waals surface area contributed by atoms with Gasteiger partial charge in [-0.3, -0.25) is 4.79 Å². The third kappa shape index (κ3) is 8.29. The normalized spacial score (nSPS) is 12.8. The van der Waals surface area contributed by atoms with E-state index in [0.717, 1.165) is 31.8 Å². The first kappa shape index (κ1) is 18.1. The molecule has 0 aliphatic heterocycles. The van der Waals surface area contributed by atoms with E-state index in [9.17, 15) is 14.4 Å². The van der Waals surface area contributed by atoms with Crippen LogP contribution in [0, 0.1) is 5.92 Å². The molecule has 114 valence electrons. The van der Waals surface area contributed by atoms with Crippen LogP contribution in [-0.4, -0.2) is 34.7 Å². The zero-order valence-corrected chi connectivity index (χ0v) is 11.9. The summed E-state index contributed by atoms with van der Waals surface area (Å²) in [4.78, 5) is 32.7. The molecule has 0 amide bonds. The van der Waals surface area contributed by atoms with E-state index in [2.05, 4.69) is 6.92 Å². The first-order valence-electron chi connectivity index (χ1n) is 6.73. The van der Waals surface area contributed by atoms with Gasteiger partial charge in [-0.25, -0.2) is 9.59 Å². The standard InChI is InChI=1S/C14H22O6/c1-3-5-6-10(4-2)9-20-13(17)8-11(14(18)19)7-12(15)16/h8,10H,3-7,9H2,1-2H3,(H,15,16)(H,18,19). The molecule has 0 saturated heterocycles. The largest absolute Gasteiger partial charge is 0.481 e. The van der Waals surface area contributed by atoms with Crippen molar-refractivity contribution < 1.29 is 29.3 Å². The molecular weight excluding hydrogens is 264 g/mol. The average Bonchev–Trinajstić information content (AvgIpc) is 2.37. The average molecular weight is 286 g/mol. The molecule has 0 aromatic carbocycles. The van der Waals surface area contributed by atoms with Gasteiger partial charge < -0.3 is 14.9 Å². The van der Waals surface area contributed by atoms with Crippen LogP contribution in [0.4, 0.5) is 0 Å². The quantitative estimate of drug-likeness (QED) is 0.472. The molecule has 0 aliphatic carbocycles. The third-order valence-corrected chi connectivity index (χ3v) is 2.91. The molecule has 0 aromatic rings. The van der Waals surface area contributed by atoms with Gasteiger partial charge in [-0.05, 0) is 12.3 Å². The number of hydrogen-bond acceptors (Lipinski definition) is 4. The van der Waals surface area contributed by atoms with Crippen molar-refractivity contribution in [2.24, 2.45) is 5.92 Å². The van der Waals surface area contributed by atoms with Gasteiger partial charge in [0.05, 0.1) is 18.6 Å². The highest BCUT2D eigenvalue weighted by molar-refractivity contribution is 5.98. The number of carbonyl (C=O) groups excluding carboxylic acids is 1. The molecule has 0 spiro atoms. The predicted molar refractivity (Wildman–Crippen MR) is 72.2 cm³/mol. The van der Waals surface area contributed by atoms with Crippen molar-refractivity contribution in [2.75, 3.05) is 6.61 Å². The molecule has 1 unspecified atom stereocenters. The molecule has 0 aliphatic rings. The topological polar surface area (TPSA) is 101 Å². The number of aliphatic carboxylic acids is 2. The molecule has 0 fully saturated rings. The van der Waals surface area contributed by atoms with Crippen LogP contribution in [0.25, 0.3) is 0 Å². The van der Waals surface area contributed by atoms with Gasteiger partial charge in [0, 0.05) is 6.08 Å². The maximum Gasteiger partial charge on any atom is 0.332 e. The molecule has 2 N–H and O–H groups in total. The molecular formula is C14H22O6. The van der Waals surface area contributed by atoms with Crippen molar-refractivity contribution in [1.29, 1.82) is 0 Å². The van der Waals surface area contributed by atoms with Crippen LogP contribution in [0.1, 0.15) is 46.0 Å². The van der Waals surface area contributed by atoms with Crippen molar-refractivity contribution in [2.45, 2.75) is 46.0 Å². The lowest BCUT2D eigenvalue weighted by atomic mass is 10.0. The maximum absolute atomic E-state index is 11.5. The second-order valence-corrected chi connectivity index (χ2v) is 4.59. The van der Waals surface area contributed by atoms with Crippen LogP contribution >= 0.6 is 0 Å². The van der Waals surface area contributed by atoms with Crippen molar-refractivity contribution in [3.05, 3.63) is 11.6 Å². The lowest BCUT2D eigenvalue weighted by Crippen LogP contribution is -2.14. The van der Waals surface area contributed by atoms with Crippen LogP contribution in [0.5, 0.6) is 0 Å². The SMILES string of the molecule is CCCCC(CC)COC(=O)C=C(CC(=O)O)C(=O)O. The van der Waals surface area contributed by atoms with Gasteiger partial charge in [0.15, 0.2) is 0 Å². The second kappa shape index (κ2) is 10.00. The molecule has 20 heavy (non-hydrogen) atoms. The van der Waals surface area contributed by atoms with E-state index in [1.165, 1.54) is 0 Å². The van der Waals surface area contributed by atoms with Crippen molar-refractivity contribution in [1.82, 2.24) is 0 Å². The van der Waals surface area contributed by atoms with E-state index < -0.39 is 29.9 Å². The number of rotatable bonds is 10. The molecule has 0 radical (unpaired) electrons. The highest BCUT2D eigenvalue weighted by Gasteiger charge is 2.15. The van der Waals surface area contributed by atoms with Crippen molar-refractivity contribution in [3.63, 3.8) is 0 Å². The minimum absolute atomic E-state index is 0.228. The van der Waals surface area contributed by atoms with Crippen LogP contribution in [0.15, 0.2) is 11.6 Å². The molecule has 0 heterocycles. The number of carboxylic acid groups (broad SMARTS) is 2. The van der Waals surface area contributed by atoms with E-state index in [-0.39, 0.29) is 12.5 Å². The summed E-state index contributed by atoms with van der Waals surface area (Å²) in [7, 11) is 0. The van der Waals surface area contributed by atoms with Crippen molar-refractivity contribution in [3.8, 4) is 0 Å². The van der Waals surface area contributed by atoms with Gasteiger partial charge in [0.25, 0.3) is 0 Å². The zero-order valence-electron chi connectivity index (χ0n) is 11.9. The molecule has 0 bridgehead atoms. The minimum Gasteiger partial charge on any atom is -0.481 e. The Kier molecular flexibility index (Phi) is 9.07. The first-order valence-corrected chi connectivity index (χ1v) is 6.73. The number of unbranched alkanes of at least 4 members (excludes halogenated alkanes) is 1. The lowest BCUT2D eigenvalue weighted by Gasteiger charge is -2.13. The zero-order chi connectivity index (χ0) is 15.5. The van der Waals surface area contributed by atoms with Gasteiger partial charge >= 0.3 is 17.9 Å². The number of carboxylic acids is 2. The molecule has 6 nitrogen and oxygen atoms in total. The molecule has 0 rings (SSSR count). The van der Waals surface area contributed by atoms with Gasteiger partial charge in [-0.1, -0.05) is 33.1 Å². The maximum atomic E-state index is 11.5. The van der Waals surface area contributed by atoms with Crippen LogP contribution < -0.4 is 0 Å². The van der Waals surface area contributed by atoms with Crippen LogP contribution in [-0.2, 0) is 19.1 Å². The highest BCUT2D eigenvalue weighted by atomic mass is 16.5. The number of esters is 1. The Hall–Kier alpha value is -1.85. The fourth-order valence-corrected chi connectivity index (χ4v) is 1.63. The fraction of sp³-hybridized carbons (Fsp3) is 0.643. The van der Waals surface area contributed by atoms with E-state index in [1.807, 2.05) is 6.92 Å². The van der Waals surface area contributed by atoms with Gasteiger partial charge in [-0.15, -0.1) is 0 Å². The van der Waals surface area contributed by atoms with Gasteiger partial charge in [-0.2, -0.15) is 0 Å². The van der Waals surface area contributed by atoms with E-state index in [1.54, 1.807) is 0 Å². The Morgan fingerprint density at radius 3 is 2.30 bits per heavy atom. The highest BCUT2D eigenvalue weighted by Crippen LogP contribution is 2.13. The smallest absolute Gasteiger partial charge is 0.332 e. The monoisotopic (exact) mass is 286 g/mol. The summed E-state index contributed by atoms with van der Waals surface area (Å²) in [5, 5.41) is 17.3. The molecule has 6 heteroatoms. The molecule has 1 atom stereocenters. The number of carbonyl (C=O) groups is 3. The summed E-state index contributed by atoms with van der Waals surface area (Å²) in [6, 6.07) is 0. The minimum atomic E-state index is -1.43. The van der Waals surface area contributed by atoms with Crippen LogP contribution in [0.3, 0.4) is 0 Å². The second-order valence-electron chi connectivity index (χ2n) is 4.59. The van der Waals surface area contributed by atoms with Gasteiger partial charge in [0.1, 0.15) is 0 Å². The Morgan fingerprint density at radius 1 is 1.20 bits per heavy atom. The predicted octanol–water partition coefficient (Wildman–Crippen LogP) is 2.23. The third-order valence-electron chi connectivity index (χ3n) is 2.91. The van der Waals surface area contributed by atoms with Gasteiger partial charge in [0.2, 0.25) is 0 Å². The summed E-state index contributed by atoms with van der Waals surface area (Å²) in [6.07, 6.45) is 3.96. The number of hydrogen-bond donors (Lipinski definition) is 2. The molecule has 0 saturated carbocycles. The first-order chi connectivity index (χ1) is 9.40. The van der Waals surface area contributed by atoms with Crippen LogP contribution in [0.2, 0.25) is 0 Å². The Balaban J connectivity index is 4.43. The Labute approximate surface area is 118 Å². The van der Waals surface area contributed by atoms with E-state index in [4.69, 9.17) is 14.9 Å². The lowest BCUT2D eigenvalue weighted by molar-refractivity contribution is -0.141. The Bertz CT molecular complexity index is 372.